The lowest BCUT2D eigenvalue weighted by Crippen LogP contribution is -2.51. The van der Waals surface area contributed by atoms with Crippen LogP contribution < -0.4 is 15.0 Å². The van der Waals surface area contributed by atoms with E-state index >= 15 is 0 Å². The van der Waals surface area contributed by atoms with Crippen LogP contribution in [0.25, 0.3) is 0 Å². The number of rotatable bonds is 19. The van der Waals surface area contributed by atoms with Crippen LogP contribution in [0.4, 0.5) is 5.69 Å². The first-order chi connectivity index (χ1) is 25.3. The molecule has 0 radical (unpaired) electrons. The van der Waals surface area contributed by atoms with E-state index in [0.29, 0.717) is 77.4 Å². The van der Waals surface area contributed by atoms with Gasteiger partial charge in [-0.3, -0.25) is 0 Å². The van der Waals surface area contributed by atoms with Crippen LogP contribution in [0, 0.1) is 12.8 Å². The van der Waals surface area contributed by atoms with Gasteiger partial charge in [0.25, 0.3) is 0 Å². The Balaban J connectivity index is 1.32. The van der Waals surface area contributed by atoms with E-state index in [9.17, 15) is 8.42 Å². The number of benzene rings is 3. The topological polar surface area (TPSA) is 117 Å². The van der Waals surface area contributed by atoms with Gasteiger partial charge in [0, 0.05) is 52.3 Å². The lowest BCUT2D eigenvalue weighted by Gasteiger charge is -2.40. The smallest absolute Gasteiger partial charge is 0.209 e. The molecule has 0 aromatic heterocycles. The van der Waals surface area contributed by atoms with Crippen LogP contribution in [-0.4, -0.2) is 107 Å². The van der Waals surface area contributed by atoms with E-state index in [-0.39, 0.29) is 23.0 Å². The molecule has 0 aliphatic carbocycles. The average Bonchev–Trinajstić information content (AvgIpc) is 3.98. The van der Waals surface area contributed by atoms with Gasteiger partial charge < -0.3 is 43.4 Å². The van der Waals surface area contributed by atoms with Gasteiger partial charge in [-0.25, -0.2) is 8.42 Å². The molecule has 3 aliphatic rings. The Morgan fingerprint density at radius 1 is 0.962 bits per heavy atom. The summed E-state index contributed by atoms with van der Waals surface area (Å²) in [5, 5.41) is 3.47. The van der Waals surface area contributed by atoms with Crippen molar-refractivity contribution in [2.24, 2.45) is 5.92 Å². The lowest BCUT2D eigenvalue weighted by molar-refractivity contribution is -0.0664. The maximum atomic E-state index is 14.7. The van der Waals surface area contributed by atoms with Crippen LogP contribution in [-0.2, 0) is 44.9 Å². The van der Waals surface area contributed by atoms with Gasteiger partial charge in [0.2, 0.25) is 9.84 Å². The molecule has 0 saturated carbocycles. The van der Waals surface area contributed by atoms with Gasteiger partial charge in [0.1, 0.15) is 18.5 Å². The summed E-state index contributed by atoms with van der Waals surface area (Å²) in [5.41, 5.74) is 3.15. The van der Waals surface area contributed by atoms with Gasteiger partial charge in [-0.1, -0.05) is 55.0 Å². The van der Waals surface area contributed by atoms with Crippen molar-refractivity contribution in [1.29, 1.82) is 0 Å². The minimum absolute atomic E-state index is 0.0844. The maximum Gasteiger partial charge on any atom is 0.209 e. The molecule has 6 atom stereocenters. The molecule has 52 heavy (non-hydrogen) atoms. The molecule has 3 aromatic carbocycles. The van der Waals surface area contributed by atoms with E-state index in [1.54, 1.807) is 26.4 Å². The molecular formula is C40H54N2O9S. The molecule has 1 unspecified atom stereocenters. The molecule has 3 aromatic rings. The summed E-state index contributed by atoms with van der Waals surface area (Å²) in [6, 6.07) is 20.9. The Labute approximate surface area is 308 Å². The zero-order valence-corrected chi connectivity index (χ0v) is 31.6. The van der Waals surface area contributed by atoms with Crippen molar-refractivity contribution in [3.8, 4) is 5.75 Å². The van der Waals surface area contributed by atoms with Gasteiger partial charge in [-0.05, 0) is 54.3 Å². The molecule has 0 spiro atoms. The Bertz CT molecular complexity index is 1670. The molecule has 6 rings (SSSR count). The first-order valence-electron chi connectivity index (χ1n) is 18.3. The van der Waals surface area contributed by atoms with Crippen molar-refractivity contribution >= 4 is 15.5 Å². The van der Waals surface area contributed by atoms with Gasteiger partial charge in [-0.15, -0.1) is 0 Å². The van der Waals surface area contributed by atoms with Crippen LogP contribution in [0.2, 0.25) is 0 Å². The lowest BCUT2D eigenvalue weighted by atomic mass is 9.85. The first kappa shape index (κ1) is 38.6. The second-order valence-electron chi connectivity index (χ2n) is 14.1. The fourth-order valence-corrected chi connectivity index (χ4v) is 8.49. The molecule has 3 aliphatic heterocycles. The Hall–Kier alpha value is -3.07. The summed E-state index contributed by atoms with van der Waals surface area (Å²) in [7, 11) is -0.625. The van der Waals surface area contributed by atoms with Gasteiger partial charge in [0.05, 0.1) is 62.4 Å². The number of methoxy groups -OCH3 is 2. The third kappa shape index (κ3) is 9.91. The number of anilines is 1. The highest BCUT2D eigenvalue weighted by molar-refractivity contribution is 7.91. The highest BCUT2D eigenvalue weighted by Crippen LogP contribution is 2.41. The zero-order chi connectivity index (χ0) is 36.5. The number of hydrogen-bond acceptors (Lipinski definition) is 11. The molecule has 12 heteroatoms. The molecule has 284 valence electrons. The van der Waals surface area contributed by atoms with E-state index in [1.165, 1.54) is 0 Å². The number of ether oxygens (including phenoxy) is 7. The first-order valence-corrected chi connectivity index (χ1v) is 19.9. The summed E-state index contributed by atoms with van der Waals surface area (Å²) < 4.78 is 70.7. The van der Waals surface area contributed by atoms with E-state index in [1.807, 2.05) is 37.3 Å². The maximum absolute atomic E-state index is 14.7. The summed E-state index contributed by atoms with van der Waals surface area (Å²) in [6.07, 6.45) is 0.116. The van der Waals surface area contributed by atoms with Crippen LogP contribution in [0.1, 0.15) is 47.0 Å². The number of piperidine rings is 1. The number of aryl methyl sites for hydroxylation is 1. The zero-order valence-electron chi connectivity index (χ0n) is 30.8. The Morgan fingerprint density at radius 2 is 1.73 bits per heavy atom. The number of epoxide rings is 1. The van der Waals surface area contributed by atoms with E-state index in [0.717, 1.165) is 41.1 Å². The monoisotopic (exact) mass is 738 g/mol. The molecule has 1 N–H and O–H groups in total. The molecule has 2 saturated heterocycles. The quantitative estimate of drug-likeness (QED) is 0.132. The molecule has 3 heterocycles. The van der Waals surface area contributed by atoms with Crippen molar-refractivity contribution in [3.05, 3.63) is 89.0 Å². The number of hydrogen-bond donors (Lipinski definition) is 1. The van der Waals surface area contributed by atoms with Crippen LogP contribution in [0.15, 0.2) is 71.6 Å². The second kappa shape index (κ2) is 18.3. The predicted molar refractivity (Wildman–Crippen MR) is 199 cm³/mol. The van der Waals surface area contributed by atoms with Crippen LogP contribution in [0.5, 0.6) is 5.75 Å². The second-order valence-corrected chi connectivity index (χ2v) is 16.1. The third-order valence-corrected chi connectivity index (χ3v) is 11.7. The van der Waals surface area contributed by atoms with Gasteiger partial charge >= 0.3 is 0 Å². The van der Waals surface area contributed by atoms with Crippen molar-refractivity contribution in [2.45, 2.75) is 61.4 Å². The molecule has 0 amide bonds. The fraction of sp³-hybridized carbons (Fsp3) is 0.550. The highest BCUT2D eigenvalue weighted by atomic mass is 32.2. The molecular weight excluding hydrogens is 685 g/mol. The van der Waals surface area contributed by atoms with Crippen molar-refractivity contribution in [2.75, 3.05) is 84.9 Å². The number of nitrogens with one attached hydrogen (secondary N) is 1. The van der Waals surface area contributed by atoms with Gasteiger partial charge in [-0.2, -0.15) is 0 Å². The molecule has 0 bridgehead atoms. The van der Waals surface area contributed by atoms with E-state index in [2.05, 4.69) is 41.4 Å². The minimum atomic E-state index is -4.02. The van der Waals surface area contributed by atoms with Crippen LogP contribution >= 0.6 is 0 Å². The number of nitrogens with zero attached hydrogens (tertiary/aromatic N) is 1. The predicted octanol–water partition coefficient (Wildman–Crippen LogP) is 5.06. The molecule has 11 nitrogen and oxygen atoms in total. The molecule has 2 fully saturated rings. The largest absolute Gasteiger partial charge is 0.490 e. The minimum Gasteiger partial charge on any atom is -0.490 e. The highest BCUT2D eigenvalue weighted by Gasteiger charge is 2.42. The number of fused-ring (bicyclic) bond motifs is 1. The standard InChI is InChI=1S/C40H54N2O9S/c1-28-6-13-34(14-7-28)52(43,44)40(32-12-15-36-35(20-32)42(17-19-48-36)16-5-18-45-3)51-38-22-41-21-37(50-27-33-26-49-33)39(38)31-10-8-30(9-11-31)25-47-24-29(2)23-46-4/h6-15,20,29,33,37-41H,5,16-19,21-27H2,1-4H3/t29-,33+,37+,38-,39+,40?/m0/s1. The average molecular weight is 739 g/mol. The summed E-state index contributed by atoms with van der Waals surface area (Å²) >= 11 is 0. The van der Waals surface area contributed by atoms with E-state index < -0.39 is 21.4 Å². The fourth-order valence-electron chi connectivity index (χ4n) is 6.94. The van der Waals surface area contributed by atoms with Crippen molar-refractivity contribution in [3.63, 3.8) is 0 Å². The Kier molecular flexibility index (Phi) is 13.6. The Morgan fingerprint density at radius 3 is 2.46 bits per heavy atom. The normalized spacial score (nSPS) is 22.7. The summed E-state index contributed by atoms with van der Waals surface area (Å²) in [5.74, 6) is 0.777. The van der Waals surface area contributed by atoms with Crippen molar-refractivity contribution < 1.29 is 41.6 Å². The SMILES string of the molecule is COCCCN1CCOc2ccc(C(O[C@H]3CNC[C@@H](OC[C@H]4CO4)[C@H]3c3ccc(COC[C@@H](C)COC)cc3)S(=O)(=O)c3ccc(C)cc3)cc21. The van der Waals surface area contributed by atoms with Crippen molar-refractivity contribution in [1.82, 2.24) is 5.32 Å². The van der Waals surface area contributed by atoms with E-state index in [4.69, 9.17) is 33.2 Å². The van der Waals surface area contributed by atoms with Gasteiger partial charge in [0.15, 0.2) is 5.44 Å². The summed E-state index contributed by atoms with van der Waals surface area (Å²) in [6.45, 7) is 10.6. The number of sulfone groups is 1. The van der Waals surface area contributed by atoms with Crippen LogP contribution in [0.3, 0.4) is 0 Å². The summed E-state index contributed by atoms with van der Waals surface area (Å²) in [4.78, 5) is 2.44. The third-order valence-electron chi connectivity index (χ3n) is 9.80.